The number of halogens is 3. The van der Waals surface area contributed by atoms with E-state index < -0.39 is 17.8 Å². The lowest BCUT2D eigenvalue weighted by atomic mass is 10.2. The molecule has 0 aliphatic carbocycles. The summed E-state index contributed by atoms with van der Waals surface area (Å²) in [6, 6.07) is 10.6. The molecule has 0 saturated carbocycles. The molecule has 3 rings (SSSR count). The van der Waals surface area contributed by atoms with Gasteiger partial charge in [0.15, 0.2) is 5.82 Å². The minimum Gasteiger partial charge on any atom is -0.342 e. The van der Waals surface area contributed by atoms with Gasteiger partial charge in [0.05, 0.1) is 11.6 Å². The van der Waals surface area contributed by atoms with E-state index in [4.69, 9.17) is 16.1 Å². The predicted octanol–water partition coefficient (Wildman–Crippen LogP) is 4.78. The Morgan fingerprint density at radius 1 is 1.28 bits per heavy atom. The maximum atomic E-state index is 13.9. The van der Waals surface area contributed by atoms with Crippen LogP contribution in [0, 0.1) is 5.82 Å². The van der Waals surface area contributed by atoms with Crippen molar-refractivity contribution in [1.82, 2.24) is 15.5 Å². The van der Waals surface area contributed by atoms with E-state index in [9.17, 15) is 9.18 Å². The van der Waals surface area contributed by atoms with Gasteiger partial charge in [0, 0.05) is 15.1 Å². The summed E-state index contributed by atoms with van der Waals surface area (Å²) in [6.07, 6.45) is 0. The molecule has 0 aliphatic heterocycles. The number of rotatable bonds is 4. The highest BCUT2D eigenvalue weighted by Gasteiger charge is 2.19. The van der Waals surface area contributed by atoms with Crippen LogP contribution in [0.15, 0.2) is 51.5 Å². The van der Waals surface area contributed by atoms with Crippen LogP contribution in [0.2, 0.25) is 5.02 Å². The van der Waals surface area contributed by atoms with Gasteiger partial charge in [0.2, 0.25) is 0 Å². The van der Waals surface area contributed by atoms with Crippen LogP contribution in [0.5, 0.6) is 0 Å². The van der Waals surface area contributed by atoms with Gasteiger partial charge in [-0.15, -0.1) is 0 Å². The van der Waals surface area contributed by atoms with Crippen molar-refractivity contribution < 1.29 is 13.7 Å². The van der Waals surface area contributed by atoms with E-state index in [-0.39, 0.29) is 11.4 Å². The Bertz CT molecular complexity index is 915. The highest BCUT2D eigenvalue weighted by molar-refractivity contribution is 9.10. The van der Waals surface area contributed by atoms with Crippen LogP contribution in [-0.4, -0.2) is 16.0 Å². The van der Waals surface area contributed by atoms with E-state index >= 15 is 0 Å². The zero-order valence-corrected chi connectivity index (χ0v) is 15.3. The molecular formula is C17H12BrClFN3O2. The molecule has 1 heterocycles. The van der Waals surface area contributed by atoms with Crippen molar-refractivity contribution in [2.24, 2.45) is 0 Å². The summed E-state index contributed by atoms with van der Waals surface area (Å²) >= 11 is 9.00. The molecule has 0 radical (unpaired) electrons. The van der Waals surface area contributed by atoms with Crippen LogP contribution >= 0.6 is 27.5 Å². The first-order chi connectivity index (χ1) is 11.9. The Balaban J connectivity index is 1.74. The van der Waals surface area contributed by atoms with E-state index in [0.29, 0.717) is 20.9 Å². The van der Waals surface area contributed by atoms with Gasteiger partial charge in [-0.05, 0) is 49.4 Å². The number of aromatic nitrogens is 2. The number of nitrogens with zero attached hydrogens (tertiary/aromatic N) is 2. The Labute approximate surface area is 156 Å². The average Bonchev–Trinajstić information content (AvgIpc) is 3.05. The molecule has 1 aromatic heterocycles. The van der Waals surface area contributed by atoms with Crippen LogP contribution in [0.25, 0.3) is 11.5 Å². The molecule has 3 aromatic rings. The van der Waals surface area contributed by atoms with Gasteiger partial charge in [-0.2, -0.15) is 4.98 Å². The van der Waals surface area contributed by atoms with Crippen LogP contribution in [0.4, 0.5) is 4.39 Å². The lowest BCUT2D eigenvalue weighted by molar-refractivity contribution is 0.0934. The van der Waals surface area contributed by atoms with Crippen LogP contribution in [0.3, 0.4) is 0 Å². The molecule has 2 aromatic carbocycles. The summed E-state index contributed by atoms with van der Waals surface area (Å²) in [5, 5.41) is 7.11. The molecule has 0 spiro atoms. The summed E-state index contributed by atoms with van der Waals surface area (Å²) in [6.45, 7) is 1.69. The molecule has 0 unspecified atom stereocenters. The molecule has 0 fully saturated rings. The highest BCUT2D eigenvalue weighted by Crippen LogP contribution is 2.22. The molecule has 1 amide bonds. The molecular weight excluding hydrogens is 413 g/mol. The largest absolute Gasteiger partial charge is 0.342 e. The number of benzene rings is 2. The van der Waals surface area contributed by atoms with E-state index in [2.05, 4.69) is 31.4 Å². The van der Waals surface area contributed by atoms with E-state index in [1.54, 1.807) is 37.3 Å². The second-order valence-corrected chi connectivity index (χ2v) is 6.64. The lowest BCUT2D eigenvalue weighted by Gasteiger charge is -2.10. The molecule has 128 valence electrons. The van der Waals surface area contributed by atoms with E-state index in [1.165, 1.54) is 12.1 Å². The third-order valence-electron chi connectivity index (χ3n) is 3.44. The Morgan fingerprint density at radius 3 is 2.68 bits per heavy atom. The first-order valence-electron chi connectivity index (χ1n) is 7.29. The van der Waals surface area contributed by atoms with Crippen molar-refractivity contribution in [2.75, 3.05) is 0 Å². The number of carbonyl (C=O) groups excluding carboxylic acids is 1. The van der Waals surface area contributed by atoms with Crippen molar-refractivity contribution in [3.63, 3.8) is 0 Å². The van der Waals surface area contributed by atoms with Gasteiger partial charge >= 0.3 is 0 Å². The fourth-order valence-corrected chi connectivity index (χ4v) is 2.59. The second kappa shape index (κ2) is 7.33. The zero-order valence-electron chi connectivity index (χ0n) is 13.0. The summed E-state index contributed by atoms with van der Waals surface area (Å²) in [4.78, 5) is 16.5. The monoisotopic (exact) mass is 423 g/mol. The maximum absolute atomic E-state index is 13.9. The first kappa shape index (κ1) is 17.6. The van der Waals surface area contributed by atoms with Gasteiger partial charge < -0.3 is 9.84 Å². The SMILES string of the molecule is C[C@H](NC(=O)c1ccc(Br)cc1F)c1noc(-c2ccc(Cl)cc2)n1. The smallest absolute Gasteiger partial charge is 0.257 e. The van der Waals surface area contributed by atoms with Crippen molar-refractivity contribution in [3.05, 3.63) is 69.2 Å². The normalized spacial score (nSPS) is 12.0. The van der Waals surface area contributed by atoms with Crippen molar-refractivity contribution in [1.29, 1.82) is 0 Å². The van der Waals surface area contributed by atoms with Gasteiger partial charge in [0.25, 0.3) is 11.8 Å². The van der Waals surface area contributed by atoms with Crippen molar-refractivity contribution >= 4 is 33.4 Å². The minimum absolute atomic E-state index is 0.0588. The quantitative estimate of drug-likeness (QED) is 0.654. The number of carbonyl (C=O) groups is 1. The Kier molecular flexibility index (Phi) is 5.15. The maximum Gasteiger partial charge on any atom is 0.257 e. The number of hydrogen-bond donors (Lipinski definition) is 1. The van der Waals surface area contributed by atoms with E-state index in [1.807, 2.05) is 0 Å². The van der Waals surface area contributed by atoms with Gasteiger partial charge in [-0.25, -0.2) is 4.39 Å². The van der Waals surface area contributed by atoms with Gasteiger partial charge in [-0.3, -0.25) is 4.79 Å². The van der Waals surface area contributed by atoms with Crippen LogP contribution in [0.1, 0.15) is 29.1 Å². The summed E-state index contributed by atoms with van der Waals surface area (Å²) in [5.74, 6) is -0.581. The fourth-order valence-electron chi connectivity index (χ4n) is 2.13. The first-order valence-corrected chi connectivity index (χ1v) is 8.46. The Hall–Kier alpha value is -2.25. The predicted molar refractivity (Wildman–Crippen MR) is 94.7 cm³/mol. The third-order valence-corrected chi connectivity index (χ3v) is 4.19. The second-order valence-electron chi connectivity index (χ2n) is 5.28. The zero-order chi connectivity index (χ0) is 18.0. The molecule has 1 N–H and O–H groups in total. The molecule has 8 heteroatoms. The number of amides is 1. The summed E-state index contributed by atoms with van der Waals surface area (Å²) < 4.78 is 19.6. The van der Waals surface area contributed by atoms with Crippen molar-refractivity contribution in [3.8, 4) is 11.5 Å². The van der Waals surface area contributed by atoms with Crippen LogP contribution in [-0.2, 0) is 0 Å². The number of hydrogen-bond acceptors (Lipinski definition) is 4. The molecule has 5 nitrogen and oxygen atoms in total. The molecule has 25 heavy (non-hydrogen) atoms. The third kappa shape index (κ3) is 4.05. The Morgan fingerprint density at radius 2 is 2.00 bits per heavy atom. The van der Waals surface area contributed by atoms with Crippen LogP contribution < -0.4 is 5.32 Å². The summed E-state index contributed by atoms with van der Waals surface area (Å²) in [7, 11) is 0. The molecule has 1 atom stereocenters. The minimum atomic E-state index is -0.617. The lowest BCUT2D eigenvalue weighted by Crippen LogP contribution is -2.28. The summed E-state index contributed by atoms with van der Waals surface area (Å²) in [5.41, 5.74) is 0.650. The average molecular weight is 425 g/mol. The fraction of sp³-hybridized carbons (Fsp3) is 0.118. The van der Waals surface area contributed by atoms with E-state index in [0.717, 1.165) is 0 Å². The topological polar surface area (TPSA) is 68.0 Å². The molecule has 0 bridgehead atoms. The molecule has 0 saturated heterocycles. The molecule has 0 aliphatic rings. The standard InChI is InChI=1S/C17H12BrClFN3O2/c1-9(21-16(24)13-7-4-11(18)8-14(13)20)15-22-17(25-23-15)10-2-5-12(19)6-3-10/h2-9H,1H3,(H,21,24)/t9-/m0/s1. The van der Waals surface area contributed by atoms with Gasteiger partial charge in [-0.1, -0.05) is 32.7 Å². The van der Waals surface area contributed by atoms with Crippen molar-refractivity contribution in [2.45, 2.75) is 13.0 Å². The number of nitrogens with one attached hydrogen (secondary N) is 1. The van der Waals surface area contributed by atoms with Gasteiger partial charge in [0.1, 0.15) is 5.82 Å². The highest BCUT2D eigenvalue weighted by atomic mass is 79.9.